The van der Waals surface area contributed by atoms with Crippen LogP contribution in [-0.4, -0.2) is 21.2 Å². The van der Waals surface area contributed by atoms with E-state index >= 15 is 0 Å². The van der Waals surface area contributed by atoms with Gasteiger partial charge in [0.15, 0.2) is 0 Å². The average Bonchev–Trinajstić information content (AvgIpc) is 2.94. The molecule has 1 unspecified atom stereocenters. The topological polar surface area (TPSA) is 78.0 Å². The smallest absolute Gasteiger partial charge is 0.227 e. The van der Waals surface area contributed by atoms with E-state index in [1.807, 2.05) is 0 Å². The normalized spacial score (nSPS) is 12.3. The summed E-state index contributed by atoms with van der Waals surface area (Å²) in [5.74, 6) is -0.790. The lowest BCUT2D eigenvalue weighted by Gasteiger charge is -2.11. The van der Waals surface area contributed by atoms with Gasteiger partial charge >= 0.3 is 0 Å². The number of anilines is 1. The Hall–Kier alpha value is -2.73. The van der Waals surface area contributed by atoms with E-state index in [1.165, 1.54) is 18.2 Å². The van der Waals surface area contributed by atoms with Gasteiger partial charge < -0.3 is 10.4 Å². The summed E-state index contributed by atoms with van der Waals surface area (Å²) in [6, 6.07) is 10.9. The number of carbonyl (C=O) groups is 1. The SMILES string of the molecule is O=C(CC(O)c1cccc(F)c1)Nc1ccc2[nH]ncc2c1. The molecule has 0 radical (unpaired) electrons. The number of carbonyl (C=O) groups excluding carboxylic acids is 1. The number of hydrogen-bond acceptors (Lipinski definition) is 3. The third-order valence-electron chi connectivity index (χ3n) is 3.34. The Balaban J connectivity index is 1.66. The molecule has 0 bridgehead atoms. The molecule has 112 valence electrons. The number of aromatic amines is 1. The molecule has 1 aromatic heterocycles. The molecule has 5 nitrogen and oxygen atoms in total. The number of H-pyrrole nitrogens is 1. The zero-order chi connectivity index (χ0) is 15.5. The molecule has 0 spiro atoms. The molecule has 1 amide bonds. The maximum absolute atomic E-state index is 13.1. The second kappa shape index (κ2) is 5.95. The summed E-state index contributed by atoms with van der Waals surface area (Å²) in [7, 11) is 0. The average molecular weight is 299 g/mol. The Morgan fingerprint density at radius 2 is 2.18 bits per heavy atom. The van der Waals surface area contributed by atoms with E-state index in [0.717, 1.165) is 10.9 Å². The van der Waals surface area contributed by atoms with Gasteiger partial charge in [0.2, 0.25) is 5.91 Å². The standard InChI is InChI=1S/C16H14FN3O2/c17-12-3-1-2-10(6-12)15(21)8-16(22)19-13-4-5-14-11(7-13)9-18-20-14/h1-7,9,15,21H,8H2,(H,18,20)(H,19,22). The second-order valence-corrected chi connectivity index (χ2v) is 5.00. The van der Waals surface area contributed by atoms with Crippen LogP contribution in [0.3, 0.4) is 0 Å². The number of fused-ring (bicyclic) bond motifs is 1. The van der Waals surface area contributed by atoms with Crippen LogP contribution in [0.5, 0.6) is 0 Å². The zero-order valence-corrected chi connectivity index (χ0v) is 11.6. The van der Waals surface area contributed by atoms with Gasteiger partial charge in [-0.25, -0.2) is 4.39 Å². The van der Waals surface area contributed by atoms with Crippen molar-refractivity contribution in [2.45, 2.75) is 12.5 Å². The number of aromatic nitrogens is 2. The van der Waals surface area contributed by atoms with E-state index in [9.17, 15) is 14.3 Å². The molecule has 3 rings (SSSR count). The molecule has 22 heavy (non-hydrogen) atoms. The lowest BCUT2D eigenvalue weighted by Crippen LogP contribution is -2.15. The first-order valence-electron chi connectivity index (χ1n) is 6.78. The van der Waals surface area contributed by atoms with Crippen LogP contribution in [0.2, 0.25) is 0 Å². The third kappa shape index (κ3) is 3.12. The van der Waals surface area contributed by atoms with Gasteiger partial charge in [-0.1, -0.05) is 12.1 Å². The Morgan fingerprint density at radius 3 is 3.00 bits per heavy atom. The minimum absolute atomic E-state index is 0.146. The highest BCUT2D eigenvalue weighted by Gasteiger charge is 2.14. The summed E-state index contributed by atoms with van der Waals surface area (Å²) in [4.78, 5) is 12.0. The summed E-state index contributed by atoms with van der Waals surface area (Å²) >= 11 is 0. The van der Waals surface area contributed by atoms with E-state index in [-0.39, 0.29) is 12.3 Å². The van der Waals surface area contributed by atoms with Crippen LogP contribution in [0.15, 0.2) is 48.7 Å². The third-order valence-corrected chi connectivity index (χ3v) is 3.34. The van der Waals surface area contributed by atoms with E-state index in [2.05, 4.69) is 15.5 Å². The highest BCUT2D eigenvalue weighted by atomic mass is 19.1. The number of halogens is 1. The second-order valence-electron chi connectivity index (χ2n) is 5.00. The molecule has 1 heterocycles. The molecule has 1 atom stereocenters. The van der Waals surface area contributed by atoms with E-state index in [0.29, 0.717) is 11.3 Å². The number of amides is 1. The first-order valence-corrected chi connectivity index (χ1v) is 6.78. The lowest BCUT2D eigenvalue weighted by molar-refractivity contribution is -0.118. The van der Waals surface area contributed by atoms with Crippen LogP contribution in [0.25, 0.3) is 10.9 Å². The Kier molecular flexibility index (Phi) is 3.84. The van der Waals surface area contributed by atoms with Crippen molar-refractivity contribution in [2.75, 3.05) is 5.32 Å². The zero-order valence-electron chi connectivity index (χ0n) is 11.6. The van der Waals surface area contributed by atoms with Crippen LogP contribution >= 0.6 is 0 Å². The van der Waals surface area contributed by atoms with Gasteiger partial charge in [-0.15, -0.1) is 0 Å². The van der Waals surface area contributed by atoms with E-state index in [1.54, 1.807) is 30.5 Å². The highest BCUT2D eigenvalue weighted by molar-refractivity contribution is 5.93. The maximum Gasteiger partial charge on any atom is 0.227 e. The van der Waals surface area contributed by atoms with Crippen molar-refractivity contribution in [3.8, 4) is 0 Å². The summed E-state index contributed by atoms with van der Waals surface area (Å²) < 4.78 is 13.1. The van der Waals surface area contributed by atoms with Crippen LogP contribution in [0.4, 0.5) is 10.1 Å². The van der Waals surface area contributed by atoms with Crippen molar-refractivity contribution in [1.29, 1.82) is 0 Å². The number of benzene rings is 2. The first kappa shape index (κ1) is 14.2. The van der Waals surface area contributed by atoms with Crippen molar-refractivity contribution in [1.82, 2.24) is 10.2 Å². The molecule has 3 N–H and O–H groups in total. The van der Waals surface area contributed by atoms with Crippen LogP contribution in [-0.2, 0) is 4.79 Å². The first-order chi connectivity index (χ1) is 10.6. The fourth-order valence-corrected chi connectivity index (χ4v) is 2.24. The predicted octanol–water partition coefficient (Wildman–Crippen LogP) is 2.76. The van der Waals surface area contributed by atoms with Gasteiger partial charge in [-0.2, -0.15) is 5.10 Å². The molecular weight excluding hydrogens is 285 g/mol. The van der Waals surface area contributed by atoms with Crippen molar-refractivity contribution in [3.63, 3.8) is 0 Å². The molecule has 0 saturated carbocycles. The highest BCUT2D eigenvalue weighted by Crippen LogP contribution is 2.20. The number of nitrogens with zero attached hydrogens (tertiary/aromatic N) is 1. The Morgan fingerprint density at radius 1 is 1.32 bits per heavy atom. The molecule has 0 saturated heterocycles. The fourth-order valence-electron chi connectivity index (χ4n) is 2.24. The number of hydrogen-bond donors (Lipinski definition) is 3. The molecule has 3 aromatic rings. The van der Waals surface area contributed by atoms with E-state index in [4.69, 9.17) is 0 Å². The quantitative estimate of drug-likeness (QED) is 0.693. The summed E-state index contributed by atoms with van der Waals surface area (Å²) in [5.41, 5.74) is 1.86. The van der Waals surface area contributed by atoms with Gasteiger partial charge in [0.1, 0.15) is 5.82 Å². The molecule has 0 aliphatic rings. The van der Waals surface area contributed by atoms with Gasteiger partial charge in [0.05, 0.1) is 24.2 Å². The van der Waals surface area contributed by atoms with Gasteiger partial charge in [-0.05, 0) is 35.9 Å². The van der Waals surface area contributed by atoms with Crippen LogP contribution in [0, 0.1) is 5.82 Å². The van der Waals surface area contributed by atoms with Crippen molar-refractivity contribution < 1.29 is 14.3 Å². The largest absolute Gasteiger partial charge is 0.388 e. The summed E-state index contributed by atoms with van der Waals surface area (Å²) in [6.45, 7) is 0. The van der Waals surface area contributed by atoms with Crippen LogP contribution in [0.1, 0.15) is 18.1 Å². The van der Waals surface area contributed by atoms with Crippen LogP contribution < -0.4 is 5.32 Å². The van der Waals surface area contributed by atoms with Crippen molar-refractivity contribution in [2.24, 2.45) is 0 Å². The molecular formula is C16H14FN3O2. The number of nitrogens with one attached hydrogen (secondary N) is 2. The Labute approximate surface area is 125 Å². The minimum Gasteiger partial charge on any atom is -0.388 e. The molecule has 0 fully saturated rings. The molecule has 0 aliphatic heterocycles. The number of aliphatic hydroxyl groups is 1. The Bertz CT molecular complexity index is 816. The molecule has 6 heteroatoms. The summed E-state index contributed by atoms with van der Waals surface area (Å²) in [5, 5.41) is 20.3. The molecule has 2 aromatic carbocycles. The number of rotatable bonds is 4. The molecule has 0 aliphatic carbocycles. The fraction of sp³-hybridized carbons (Fsp3) is 0.125. The lowest BCUT2D eigenvalue weighted by atomic mass is 10.1. The van der Waals surface area contributed by atoms with Crippen molar-refractivity contribution in [3.05, 3.63) is 60.0 Å². The van der Waals surface area contributed by atoms with Crippen molar-refractivity contribution >= 4 is 22.5 Å². The number of aliphatic hydroxyl groups excluding tert-OH is 1. The summed E-state index contributed by atoms with van der Waals surface area (Å²) in [6.07, 6.45) is 0.466. The monoisotopic (exact) mass is 299 g/mol. The minimum atomic E-state index is -1.05. The van der Waals surface area contributed by atoms with Gasteiger partial charge in [0, 0.05) is 11.1 Å². The predicted molar refractivity (Wildman–Crippen MR) is 80.7 cm³/mol. The maximum atomic E-state index is 13.1. The van der Waals surface area contributed by atoms with E-state index < -0.39 is 11.9 Å². The van der Waals surface area contributed by atoms with Gasteiger partial charge in [-0.3, -0.25) is 9.89 Å². The van der Waals surface area contributed by atoms with Gasteiger partial charge in [0.25, 0.3) is 0 Å².